The molecular formula is C21H28N6O7. The molecule has 0 radical (unpaired) electrons. The number of rotatable bonds is 12. The van der Waals surface area contributed by atoms with Crippen molar-refractivity contribution in [3.63, 3.8) is 0 Å². The van der Waals surface area contributed by atoms with Gasteiger partial charge in [0.15, 0.2) is 0 Å². The quantitative estimate of drug-likeness (QED) is 0.162. The molecule has 2 aromatic rings. The van der Waals surface area contributed by atoms with E-state index in [1.807, 2.05) is 18.2 Å². The summed E-state index contributed by atoms with van der Waals surface area (Å²) in [6, 6.07) is 3.18. The maximum atomic E-state index is 12.7. The number of primary amides is 1. The first-order valence-electron chi connectivity index (χ1n) is 10.4. The predicted octanol–water partition coefficient (Wildman–Crippen LogP) is -2.54. The van der Waals surface area contributed by atoms with E-state index in [2.05, 4.69) is 20.9 Å². The van der Waals surface area contributed by atoms with E-state index in [1.165, 1.54) is 6.92 Å². The Labute approximate surface area is 194 Å². The molecule has 0 aliphatic rings. The fraction of sp³-hybridized carbons (Fsp3) is 0.381. The molecule has 0 spiro atoms. The number of carboxylic acids is 1. The molecule has 4 amide bonds. The van der Waals surface area contributed by atoms with E-state index in [-0.39, 0.29) is 6.42 Å². The van der Waals surface area contributed by atoms with Gasteiger partial charge in [0.25, 0.3) is 0 Å². The van der Waals surface area contributed by atoms with E-state index in [0.29, 0.717) is 5.56 Å². The SMILES string of the molecule is CC(O)C(NC(=O)CNC(=O)C(N)CC(N)=O)C(=O)NC(Cc1c[nH]c2ccccc12)C(=O)O. The zero-order valence-corrected chi connectivity index (χ0v) is 18.4. The van der Waals surface area contributed by atoms with Gasteiger partial charge in [0, 0.05) is 23.5 Å². The Hall–Kier alpha value is -3.97. The average molecular weight is 476 g/mol. The fourth-order valence-electron chi connectivity index (χ4n) is 3.22. The van der Waals surface area contributed by atoms with Crippen molar-refractivity contribution in [2.24, 2.45) is 11.5 Å². The summed E-state index contributed by atoms with van der Waals surface area (Å²) in [6.45, 7) is 0.640. The van der Waals surface area contributed by atoms with E-state index in [4.69, 9.17) is 11.5 Å². The fourth-order valence-corrected chi connectivity index (χ4v) is 3.22. The van der Waals surface area contributed by atoms with Crippen LogP contribution >= 0.6 is 0 Å². The minimum Gasteiger partial charge on any atom is -0.480 e. The first-order chi connectivity index (χ1) is 16.0. The number of carbonyl (C=O) groups excluding carboxylic acids is 4. The van der Waals surface area contributed by atoms with Crippen LogP contribution in [0, 0.1) is 0 Å². The topological polar surface area (TPSA) is 230 Å². The maximum Gasteiger partial charge on any atom is 0.326 e. The van der Waals surface area contributed by atoms with Gasteiger partial charge in [0.2, 0.25) is 23.6 Å². The summed E-state index contributed by atoms with van der Waals surface area (Å²) in [6.07, 6.45) is -0.190. The van der Waals surface area contributed by atoms with Crippen molar-refractivity contribution in [2.45, 2.75) is 44.0 Å². The molecular weight excluding hydrogens is 448 g/mol. The second kappa shape index (κ2) is 11.8. The van der Waals surface area contributed by atoms with Crippen LogP contribution in [0.15, 0.2) is 30.5 Å². The number of benzene rings is 1. The largest absolute Gasteiger partial charge is 0.480 e. The highest BCUT2D eigenvalue weighted by Gasteiger charge is 2.30. The van der Waals surface area contributed by atoms with Crippen LogP contribution in [0.25, 0.3) is 10.9 Å². The Bertz CT molecular complexity index is 1070. The molecule has 34 heavy (non-hydrogen) atoms. The lowest BCUT2D eigenvalue weighted by molar-refractivity contribution is -0.142. The van der Waals surface area contributed by atoms with Crippen LogP contribution in [0.5, 0.6) is 0 Å². The normalized spacial score (nSPS) is 14.4. The Morgan fingerprint density at radius 1 is 1.09 bits per heavy atom. The molecule has 13 heteroatoms. The summed E-state index contributed by atoms with van der Waals surface area (Å²) < 4.78 is 0. The number of fused-ring (bicyclic) bond motifs is 1. The molecule has 1 aromatic carbocycles. The van der Waals surface area contributed by atoms with Gasteiger partial charge in [-0.05, 0) is 18.6 Å². The number of carbonyl (C=O) groups is 5. The highest BCUT2D eigenvalue weighted by molar-refractivity contribution is 5.94. The monoisotopic (exact) mass is 476 g/mol. The molecule has 10 N–H and O–H groups in total. The molecule has 184 valence electrons. The second-order valence-electron chi connectivity index (χ2n) is 7.74. The molecule has 0 aliphatic carbocycles. The van der Waals surface area contributed by atoms with Gasteiger partial charge < -0.3 is 42.6 Å². The number of hydrogen-bond acceptors (Lipinski definition) is 7. The van der Waals surface area contributed by atoms with Crippen LogP contribution in [-0.4, -0.2) is 75.6 Å². The predicted molar refractivity (Wildman–Crippen MR) is 120 cm³/mol. The van der Waals surface area contributed by atoms with Crippen molar-refractivity contribution < 1.29 is 34.2 Å². The first-order valence-corrected chi connectivity index (χ1v) is 10.4. The Balaban J connectivity index is 2.00. The van der Waals surface area contributed by atoms with E-state index >= 15 is 0 Å². The average Bonchev–Trinajstić information content (AvgIpc) is 3.17. The highest BCUT2D eigenvalue weighted by Crippen LogP contribution is 2.19. The molecule has 0 bridgehead atoms. The number of carboxylic acid groups (broad SMARTS) is 1. The number of aromatic amines is 1. The van der Waals surface area contributed by atoms with Crippen LogP contribution in [0.2, 0.25) is 0 Å². The Kier molecular flexibility index (Phi) is 9.10. The zero-order valence-electron chi connectivity index (χ0n) is 18.4. The van der Waals surface area contributed by atoms with E-state index in [9.17, 15) is 34.2 Å². The van der Waals surface area contributed by atoms with Gasteiger partial charge in [0.05, 0.1) is 25.1 Å². The smallest absolute Gasteiger partial charge is 0.326 e. The number of hydrogen-bond donors (Lipinski definition) is 8. The van der Waals surface area contributed by atoms with Gasteiger partial charge >= 0.3 is 5.97 Å². The number of nitrogens with one attached hydrogen (secondary N) is 4. The molecule has 1 heterocycles. The third-order valence-electron chi connectivity index (χ3n) is 4.98. The minimum absolute atomic E-state index is 0.0423. The van der Waals surface area contributed by atoms with Gasteiger partial charge in [-0.3, -0.25) is 19.2 Å². The third kappa shape index (κ3) is 7.28. The van der Waals surface area contributed by atoms with Crippen molar-refractivity contribution in [2.75, 3.05) is 6.54 Å². The van der Waals surface area contributed by atoms with Crippen LogP contribution in [0.3, 0.4) is 0 Å². The summed E-state index contributed by atoms with van der Waals surface area (Å²) in [5.41, 5.74) is 11.9. The molecule has 0 aliphatic heterocycles. The van der Waals surface area contributed by atoms with Gasteiger partial charge in [-0.25, -0.2) is 4.79 Å². The van der Waals surface area contributed by atoms with E-state index < -0.39 is 66.8 Å². The van der Waals surface area contributed by atoms with Crippen molar-refractivity contribution in [3.8, 4) is 0 Å². The summed E-state index contributed by atoms with van der Waals surface area (Å²) in [7, 11) is 0. The number of H-pyrrole nitrogens is 1. The Morgan fingerprint density at radius 3 is 2.38 bits per heavy atom. The number of aliphatic hydroxyl groups is 1. The number of aliphatic hydroxyl groups excluding tert-OH is 1. The maximum absolute atomic E-state index is 12.7. The lowest BCUT2D eigenvalue weighted by Crippen LogP contribution is -2.57. The van der Waals surface area contributed by atoms with Crippen LogP contribution in [-0.2, 0) is 30.4 Å². The first kappa shape index (κ1) is 26.3. The van der Waals surface area contributed by atoms with Gasteiger partial charge in [0.1, 0.15) is 12.1 Å². The van der Waals surface area contributed by atoms with Crippen LogP contribution in [0.4, 0.5) is 0 Å². The summed E-state index contributed by atoms with van der Waals surface area (Å²) in [4.78, 5) is 62.2. The third-order valence-corrected chi connectivity index (χ3v) is 4.98. The molecule has 13 nitrogen and oxygen atoms in total. The van der Waals surface area contributed by atoms with Gasteiger partial charge in [-0.2, -0.15) is 0 Å². The van der Waals surface area contributed by atoms with Crippen molar-refractivity contribution in [1.29, 1.82) is 0 Å². The molecule has 1 aromatic heterocycles. The summed E-state index contributed by atoms with van der Waals surface area (Å²) in [5.74, 6) is -4.67. The minimum atomic E-state index is -1.49. The van der Waals surface area contributed by atoms with Crippen LogP contribution in [0.1, 0.15) is 18.9 Å². The number of amides is 4. The van der Waals surface area contributed by atoms with Crippen molar-refractivity contribution >= 4 is 40.5 Å². The molecule has 4 unspecified atom stereocenters. The number of aromatic nitrogens is 1. The van der Waals surface area contributed by atoms with Gasteiger partial charge in [-0.1, -0.05) is 18.2 Å². The van der Waals surface area contributed by atoms with E-state index in [1.54, 1.807) is 12.3 Å². The Morgan fingerprint density at radius 2 is 1.76 bits per heavy atom. The number of nitrogens with two attached hydrogens (primary N) is 2. The lowest BCUT2D eigenvalue weighted by Gasteiger charge is -2.23. The van der Waals surface area contributed by atoms with E-state index in [0.717, 1.165) is 10.9 Å². The van der Waals surface area contributed by atoms with Crippen molar-refractivity contribution in [1.82, 2.24) is 20.9 Å². The van der Waals surface area contributed by atoms with Crippen molar-refractivity contribution in [3.05, 3.63) is 36.0 Å². The summed E-state index contributed by atoms with van der Waals surface area (Å²) >= 11 is 0. The molecule has 0 saturated heterocycles. The molecule has 2 rings (SSSR count). The molecule has 0 fully saturated rings. The van der Waals surface area contributed by atoms with Gasteiger partial charge in [-0.15, -0.1) is 0 Å². The van der Waals surface area contributed by atoms with Crippen LogP contribution < -0.4 is 27.4 Å². The standard InChI is InChI=1S/C21H28N6O7/c1-10(28)18(27-17(30)9-25-19(31)13(22)7-16(23)29)20(32)26-15(21(33)34)6-11-8-24-14-5-3-2-4-12(11)14/h2-5,8,10,13,15,18,24,28H,6-7,9,22H2,1H3,(H2,23,29)(H,25,31)(H,26,32)(H,27,30)(H,33,34). The molecule has 4 atom stereocenters. The summed E-state index contributed by atoms with van der Waals surface area (Å²) in [5, 5.41) is 27.1. The second-order valence-corrected chi connectivity index (χ2v) is 7.74. The zero-order chi connectivity index (χ0) is 25.4. The lowest BCUT2D eigenvalue weighted by atomic mass is 10.0. The number of para-hydroxylation sites is 1. The number of aliphatic carboxylic acids is 1. The molecule has 0 saturated carbocycles. The highest BCUT2D eigenvalue weighted by atomic mass is 16.4.